The van der Waals surface area contributed by atoms with Crippen LogP contribution in [-0.2, 0) is 14.1 Å². The number of hydrogen-bond acceptors (Lipinski definition) is 9. The smallest absolute Gasteiger partial charge is 0.493 e. The highest BCUT2D eigenvalue weighted by atomic mass is 31.2. The van der Waals surface area contributed by atoms with Crippen LogP contribution in [0.5, 0.6) is 34.5 Å². The van der Waals surface area contributed by atoms with E-state index in [2.05, 4.69) is 5.09 Å². The molecule has 1 aliphatic rings. The van der Waals surface area contributed by atoms with Gasteiger partial charge in [0.25, 0.3) is 0 Å². The summed E-state index contributed by atoms with van der Waals surface area (Å²) in [6, 6.07) is 17.4. The maximum atomic E-state index is 14.2. The minimum atomic E-state index is -4.17. The highest BCUT2D eigenvalue weighted by Crippen LogP contribution is 2.53. The van der Waals surface area contributed by atoms with Gasteiger partial charge in [0.15, 0.2) is 23.0 Å². The second-order valence-electron chi connectivity index (χ2n) is 9.11. The molecule has 1 saturated carbocycles. The summed E-state index contributed by atoms with van der Waals surface area (Å²) in [7, 11) is 1.95. The van der Waals surface area contributed by atoms with Crippen molar-refractivity contribution in [2.24, 2.45) is 0 Å². The van der Waals surface area contributed by atoms with Crippen LogP contribution in [0, 0.1) is 0 Å². The molecule has 0 bridgehead atoms. The van der Waals surface area contributed by atoms with E-state index < -0.39 is 19.3 Å². The molecule has 10 nitrogen and oxygen atoms in total. The van der Waals surface area contributed by atoms with E-state index in [0.717, 1.165) is 5.56 Å². The van der Waals surface area contributed by atoms with Gasteiger partial charge in [0.2, 0.25) is 5.75 Å². The van der Waals surface area contributed by atoms with Crippen molar-refractivity contribution in [3.63, 3.8) is 0 Å². The molecule has 1 unspecified atom stereocenters. The fourth-order valence-electron chi connectivity index (χ4n) is 4.09. The van der Waals surface area contributed by atoms with Crippen molar-refractivity contribution in [1.82, 2.24) is 5.09 Å². The predicted octanol–water partition coefficient (Wildman–Crippen LogP) is 6.14. The highest BCUT2D eigenvalue weighted by molar-refractivity contribution is 7.52. The molecule has 3 aromatic rings. The third kappa shape index (κ3) is 7.14. The standard InChI is InChI=1S/C30H34NO9P/c1-6-38-29(32)30(16-17-30)31-41(33,39-23-10-8-7-9-11-23)40-25-18-21(14-15-24(25)34-2)12-13-22-19-26(35-3)28(37-5)27(20-22)36-4/h7-15,18-20H,6,16-17H2,1-5H3,(H,31,33)/b13-12-. The van der Waals surface area contributed by atoms with Gasteiger partial charge in [-0.1, -0.05) is 36.4 Å². The Kier molecular flexibility index (Phi) is 9.47. The van der Waals surface area contributed by atoms with Crippen molar-refractivity contribution in [2.45, 2.75) is 25.3 Å². The first-order valence-electron chi connectivity index (χ1n) is 13.0. The second-order valence-corrected chi connectivity index (χ2v) is 10.7. The molecule has 0 heterocycles. The Bertz CT molecular complexity index is 1410. The summed E-state index contributed by atoms with van der Waals surface area (Å²) in [5, 5.41) is 2.85. The van der Waals surface area contributed by atoms with Crippen LogP contribution >= 0.6 is 7.75 Å². The van der Waals surface area contributed by atoms with Crippen LogP contribution in [-0.4, -0.2) is 46.6 Å². The van der Waals surface area contributed by atoms with E-state index in [4.69, 9.17) is 32.7 Å². The van der Waals surface area contributed by atoms with Crippen molar-refractivity contribution in [2.75, 3.05) is 35.0 Å². The van der Waals surface area contributed by atoms with E-state index >= 15 is 0 Å². The minimum Gasteiger partial charge on any atom is -0.493 e. The maximum Gasteiger partial charge on any atom is 0.514 e. The molecule has 0 aliphatic heterocycles. The summed E-state index contributed by atoms with van der Waals surface area (Å²) in [5.41, 5.74) is 0.354. The molecule has 3 aromatic carbocycles. The Morgan fingerprint density at radius 3 is 1.98 bits per heavy atom. The number of benzene rings is 3. The third-order valence-corrected chi connectivity index (χ3v) is 7.89. The third-order valence-electron chi connectivity index (χ3n) is 6.30. The Hall–Kier alpha value is -4.14. The molecule has 0 radical (unpaired) electrons. The van der Waals surface area contributed by atoms with Crippen LogP contribution in [0.4, 0.5) is 0 Å². The number of rotatable bonds is 14. The van der Waals surface area contributed by atoms with Gasteiger partial charge in [0.1, 0.15) is 11.3 Å². The molecule has 0 aromatic heterocycles. The largest absolute Gasteiger partial charge is 0.514 e. The zero-order valence-corrected chi connectivity index (χ0v) is 24.6. The van der Waals surface area contributed by atoms with Crippen LogP contribution in [0.1, 0.15) is 30.9 Å². The normalized spacial score (nSPS) is 15.0. The lowest BCUT2D eigenvalue weighted by molar-refractivity contribution is -0.146. The van der Waals surface area contributed by atoms with Crippen molar-refractivity contribution in [3.05, 3.63) is 71.8 Å². The molecule has 4 rings (SSSR count). The van der Waals surface area contributed by atoms with E-state index in [1.165, 1.54) is 7.11 Å². The topological polar surface area (TPSA) is 111 Å². The number of ether oxygens (including phenoxy) is 5. The van der Waals surface area contributed by atoms with Crippen LogP contribution in [0.3, 0.4) is 0 Å². The minimum absolute atomic E-state index is 0.158. The van der Waals surface area contributed by atoms with Gasteiger partial charge >= 0.3 is 13.7 Å². The van der Waals surface area contributed by atoms with E-state index in [1.807, 2.05) is 30.4 Å². The van der Waals surface area contributed by atoms with Gasteiger partial charge in [0, 0.05) is 0 Å². The molecule has 218 valence electrons. The quantitative estimate of drug-likeness (QED) is 0.135. The van der Waals surface area contributed by atoms with E-state index in [1.54, 1.807) is 70.7 Å². The molecule has 11 heteroatoms. The van der Waals surface area contributed by atoms with Crippen molar-refractivity contribution in [1.29, 1.82) is 0 Å². The highest BCUT2D eigenvalue weighted by Gasteiger charge is 2.57. The van der Waals surface area contributed by atoms with Crippen LogP contribution < -0.4 is 33.1 Å². The monoisotopic (exact) mass is 583 g/mol. The molecular weight excluding hydrogens is 549 g/mol. The van der Waals surface area contributed by atoms with E-state index in [-0.39, 0.29) is 12.4 Å². The lowest BCUT2D eigenvalue weighted by Gasteiger charge is -2.25. The number of para-hydroxylation sites is 1. The Morgan fingerprint density at radius 2 is 1.41 bits per heavy atom. The number of hydrogen-bond donors (Lipinski definition) is 1. The molecule has 1 atom stereocenters. The number of carbonyl (C=O) groups is 1. The molecule has 0 spiro atoms. The lowest BCUT2D eigenvalue weighted by atomic mass is 10.1. The Balaban J connectivity index is 1.66. The molecular formula is C30H34NO9P. The van der Waals surface area contributed by atoms with Gasteiger partial charge in [-0.05, 0) is 67.3 Å². The van der Waals surface area contributed by atoms with Gasteiger partial charge in [-0.2, -0.15) is 5.09 Å². The van der Waals surface area contributed by atoms with E-state index in [9.17, 15) is 9.36 Å². The summed E-state index contributed by atoms with van der Waals surface area (Å²) >= 11 is 0. The zero-order chi connectivity index (χ0) is 29.5. The van der Waals surface area contributed by atoms with Crippen LogP contribution in [0.25, 0.3) is 12.2 Å². The van der Waals surface area contributed by atoms with Crippen LogP contribution in [0.15, 0.2) is 60.7 Å². The van der Waals surface area contributed by atoms with Gasteiger partial charge < -0.3 is 32.7 Å². The van der Waals surface area contributed by atoms with Gasteiger partial charge in [-0.3, -0.25) is 4.79 Å². The maximum absolute atomic E-state index is 14.2. The summed E-state index contributed by atoms with van der Waals surface area (Å²) in [5.74, 6) is 1.82. The first kappa shape index (κ1) is 29.8. The molecule has 1 fully saturated rings. The second kappa shape index (κ2) is 13.0. The Morgan fingerprint density at radius 1 is 0.805 bits per heavy atom. The fourth-order valence-corrected chi connectivity index (χ4v) is 5.86. The molecule has 1 aliphatic carbocycles. The number of nitrogens with one attached hydrogen (secondary N) is 1. The number of esters is 1. The average molecular weight is 584 g/mol. The molecule has 41 heavy (non-hydrogen) atoms. The van der Waals surface area contributed by atoms with Gasteiger partial charge in [0.05, 0.1) is 35.0 Å². The fraction of sp³-hybridized carbons (Fsp3) is 0.300. The lowest BCUT2D eigenvalue weighted by Crippen LogP contribution is -2.40. The number of methoxy groups -OCH3 is 4. The first-order chi connectivity index (χ1) is 19.8. The SMILES string of the molecule is CCOC(=O)C1(NP(=O)(Oc2ccccc2)Oc2cc(/C=C\c3cc(OC)c(OC)c(OC)c3)ccc2OC)CC1. The zero-order valence-electron chi connectivity index (χ0n) is 23.7. The number of carbonyl (C=O) groups excluding carboxylic acids is 1. The van der Waals surface area contributed by atoms with Crippen LogP contribution in [0.2, 0.25) is 0 Å². The van der Waals surface area contributed by atoms with E-state index in [0.29, 0.717) is 47.2 Å². The van der Waals surface area contributed by atoms with Crippen molar-refractivity contribution < 1.29 is 42.1 Å². The molecule has 0 amide bonds. The van der Waals surface area contributed by atoms with Gasteiger partial charge in [-0.25, -0.2) is 4.57 Å². The predicted molar refractivity (Wildman–Crippen MR) is 155 cm³/mol. The van der Waals surface area contributed by atoms with Gasteiger partial charge in [-0.15, -0.1) is 0 Å². The Labute approximate surface area is 239 Å². The summed E-state index contributed by atoms with van der Waals surface area (Å²) in [6.07, 6.45) is 4.57. The molecule has 0 saturated heterocycles. The van der Waals surface area contributed by atoms with Crippen molar-refractivity contribution in [3.8, 4) is 34.5 Å². The molecule has 1 N–H and O–H groups in total. The summed E-state index contributed by atoms with van der Waals surface area (Å²) < 4.78 is 53.1. The first-order valence-corrected chi connectivity index (χ1v) is 14.5. The van der Waals surface area contributed by atoms with Crippen molar-refractivity contribution >= 4 is 25.9 Å². The average Bonchev–Trinajstić information content (AvgIpc) is 3.76. The summed E-state index contributed by atoms with van der Waals surface area (Å²) in [4.78, 5) is 12.7. The summed E-state index contributed by atoms with van der Waals surface area (Å²) in [6.45, 7) is 1.91.